The summed E-state index contributed by atoms with van der Waals surface area (Å²) in [7, 11) is 0. The highest BCUT2D eigenvalue weighted by molar-refractivity contribution is 5.83. The lowest BCUT2D eigenvalue weighted by atomic mass is 9.98. The number of nitrogens with one attached hydrogen (secondary N) is 2. The molecule has 1 saturated carbocycles. The van der Waals surface area contributed by atoms with Crippen LogP contribution in [-0.2, 0) is 11.2 Å². The van der Waals surface area contributed by atoms with E-state index in [9.17, 15) is 10.1 Å². The Bertz CT molecular complexity index is 939. The fraction of sp³-hybridized carbons (Fsp3) is 0.364. The average molecular weight is 371 g/mol. The average Bonchev–Trinajstić information content (AvgIpc) is 3.37. The number of amides is 1. The van der Waals surface area contributed by atoms with Gasteiger partial charge in [0.2, 0.25) is 5.91 Å². The van der Waals surface area contributed by atoms with Crippen LogP contribution in [0.3, 0.4) is 0 Å². The number of pyridine rings is 1. The number of benzene rings is 1. The zero-order chi connectivity index (χ0) is 19.5. The minimum absolute atomic E-state index is 0.0565. The Balaban J connectivity index is 1.37. The van der Waals surface area contributed by atoms with Gasteiger partial charge < -0.3 is 10.6 Å². The van der Waals surface area contributed by atoms with E-state index in [0.717, 1.165) is 36.0 Å². The number of fused-ring (bicyclic) bond motifs is 2. The van der Waals surface area contributed by atoms with E-state index in [1.165, 1.54) is 0 Å². The molecule has 2 aliphatic rings. The van der Waals surface area contributed by atoms with Crippen LogP contribution in [0.15, 0.2) is 42.6 Å². The van der Waals surface area contributed by atoms with E-state index in [1.54, 1.807) is 12.3 Å². The monoisotopic (exact) mass is 371 g/mol. The number of hydrogen-bond acceptors (Lipinski definition) is 5. The van der Waals surface area contributed by atoms with Gasteiger partial charge in [0, 0.05) is 24.2 Å². The van der Waals surface area contributed by atoms with Gasteiger partial charge in [0.1, 0.15) is 17.8 Å². The molecule has 2 bridgehead atoms. The van der Waals surface area contributed by atoms with E-state index in [2.05, 4.69) is 21.7 Å². The van der Waals surface area contributed by atoms with E-state index in [1.807, 2.05) is 36.4 Å². The first-order valence-electron chi connectivity index (χ1n) is 9.58. The Hall–Kier alpha value is -3.22. The van der Waals surface area contributed by atoms with E-state index in [0.29, 0.717) is 24.1 Å². The summed E-state index contributed by atoms with van der Waals surface area (Å²) in [6.07, 6.45) is 5.46. The number of rotatable bonds is 5. The van der Waals surface area contributed by atoms with Crippen LogP contribution in [0.5, 0.6) is 0 Å². The topological polar surface area (TPSA) is 102 Å². The third kappa shape index (κ3) is 3.74. The number of carbonyl (C=O) groups is 1. The molecule has 2 heterocycles. The molecule has 28 heavy (non-hydrogen) atoms. The van der Waals surface area contributed by atoms with Gasteiger partial charge in [0.25, 0.3) is 0 Å². The largest absolute Gasteiger partial charge is 0.339 e. The second-order valence-electron chi connectivity index (χ2n) is 7.55. The maximum absolute atomic E-state index is 12.5. The molecule has 1 aromatic carbocycles. The normalized spacial score (nSPS) is 23.6. The lowest BCUT2D eigenvalue weighted by Crippen LogP contribution is -2.50. The van der Waals surface area contributed by atoms with Crippen LogP contribution in [0.25, 0.3) is 11.1 Å². The van der Waals surface area contributed by atoms with Crippen LogP contribution in [0.2, 0.25) is 0 Å². The predicted octanol–water partition coefficient (Wildman–Crippen LogP) is 2.31. The summed E-state index contributed by atoms with van der Waals surface area (Å²) in [5.74, 6) is 0.351. The van der Waals surface area contributed by atoms with E-state index >= 15 is 0 Å². The molecule has 2 fully saturated rings. The van der Waals surface area contributed by atoms with Crippen LogP contribution in [-0.4, -0.2) is 29.0 Å². The lowest BCUT2D eigenvalue weighted by Gasteiger charge is -2.23. The highest BCUT2D eigenvalue weighted by Gasteiger charge is 2.42. The molecule has 6 nitrogen and oxygen atoms in total. The molecule has 6 heteroatoms. The highest BCUT2D eigenvalue weighted by atomic mass is 16.2. The second-order valence-corrected chi connectivity index (χ2v) is 7.55. The Labute approximate surface area is 164 Å². The van der Waals surface area contributed by atoms with Crippen molar-refractivity contribution in [2.24, 2.45) is 5.92 Å². The van der Waals surface area contributed by atoms with Gasteiger partial charge in [-0.3, -0.25) is 4.79 Å². The number of hydrogen-bond donors (Lipinski definition) is 2. The zero-order valence-electron chi connectivity index (χ0n) is 15.4. The molecule has 4 rings (SSSR count). The van der Waals surface area contributed by atoms with Gasteiger partial charge in [-0.15, -0.1) is 0 Å². The number of nitriles is 2. The van der Waals surface area contributed by atoms with Crippen molar-refractivity contribution < 1.29 is 4.79 Å². The fourth-order valence-corrected chi connectivity index (χ4v) is 4.24. The van der Waals surface area contributed by atoms with Crippen molar-refractivity contribution >= 4 is 5.91 Å². The van der Waals surface area contributed by atoms with Crippen LogP contribution < -0.4 is 10.6 Å². The summed E-state index contributed by atoms with van der Waals surface area (Å²) < 4.78 is 0. The summed E-state index contributed by atoms with van der Waals surface area (Å²) in [5.41, 5.74) is 3.29. The molecule has 1 saturated heterocycles. The summed E-state index contributed by atoms with van der Waals surface area (Å²) in [4.78, 5) is 16.6. The Morgan fingerprint density at radius 1 is 1.18 bits per heavy atom. The molecule has 0 unspecified atom stereocenters. The van der Waals surface area contributed by atoms with Gasteiger partial charge in [-0.2, -0.15) is 10.5 Å². The Morgan fingerprint density at radius 2 is 1.96 bits per heavy atom. The molecule has 2 aromatic rings. The van der Waals surface area contributed by atoms with Crippen molar-refractivity contribution in [1.82, 2.24) is 15.6 Å². The molecular formula is C22H21N5O. The molecule has 140 valence electrons. The second kappa shape index (κ2) is 7.80. The number of nitrogens with zero attached hydrogens (tertiary/aromatic N) is 3. The number of piperidine rings is 1. The van der Waals surface area contributed by atoms with Crippen LogP contribution in [0.4, 0.5) is 0 Å². The van der Waals surface area contributed by atoms with Gasteiger partial charge in [-0.1, -0.05) is 24.3 Å². The third-order valence-electron chi connectivity index (χ3n) is 5.72. The Kier molecular flexibility index (Phi) is 5.06. The first kappa shape index (κ1) is 18.2. The SMILES string of the molecule is N#Cc1ccc(-c2ccc(C[C@@H](C#N)NC(=O)[C@H]3N[C@@H]4CC[C@H]3C4)cc2)cn1. The third-order valence-corrected chi connectivity index (χ3v) is 5.72. The molecule has 1 aliphatic carbocycles. The Morgan fingerprint density at radius 3 is 2.54 bits per heavy atom. The molecule has 1 aliphatic heterocycles. The zero-order valence-corrected chi connectivity index (χ0v) is 15.4. The van der Waals surface area contributed by atoms with Crippen molar-refractivity contribution in [1.29, 1.82) is 10.5 Å². The summed E-state index contributed by atoms with van der Waals surface area (Å²) in [6, 6.07) is 15.4. The van der Waals surface area contributed by atoms with Gasteiger partial charge in [0.05, 0.1) is 12.1 Å². The first-order chi connectivity index (χ1) is 13.7. The van der Waals surface area contributed by atoms with Crippen LogP contribution in [0.1, 0.15) is 30.5 Å². The van der Waals surface area contributed by atoms with Crippen molar-refractivity contribution in [2.75, 3.05) is 0 Å². The van der Waals surface area contributed by atoms with Gasteiger partial charge in [-0.05, 0) is 48.4 Å². The maximum atomic E-state index is 12.5. The van der Waals surface area contributed by atoms with Crippen molar-refractivity contribution in [2.45, 2.75) is 43.8 Å². The number of carbonyl (C=O) groups excluding carboxylic acids is 1. The number of aromatic nitrogens is 1. The molecule has 1 amide bonds. The van der Waals surface area contributed by atoms with Crippen LogP contribution >= 0.6 is 0 Å². The van der Waals surface area contributed by atoms with Crippen molar-refractivity contribution in [3.05, 3.63) is 53.9 Å². The smallest absolute Gasteiger partial charge is 0.238 e. The quantitative estimate of drug-likeness (QED) is 0.840. The first-order valence-corrected chi connectivity index (χ1v) is 9.58. The van der Waals surface area contributed by atoms with Gasteiger partial charge in [-0.25, -0.2) is 4.98 Å². The molecule has 0 spiro atoms. The van der Waals surface area contributed by atoms with E-state index in [4.69, 9.17) is 5.26 Å². The molecule has 2 N–H and O–H groups in total. The standard InChI is InChI=1S/C22H21N5O/c23-11-19-8-6-17(13-25-19)15-3-1-14(2-4-15)9-20(12-24)27-22(28)21-16-5-7-18(10-16)26-21/h1-4,6,8,13,16,18,20-21,26H,5,7,9-10H2,(H,27,28)/t16-,18+,20-,21-/m0/s1. The molecule has 0 radical (unpaired) electrons. The highest BCUT2D eigenvalue weighted by Crippen LogP contribution is 2.35. The van der Waals surface area contributed by atoms with E-state index in [-0.39, 0.29) is 11.9 Å². The fourth-order valence-electron chi connectivity index (χ4n) is 4.24. The summed E-state index contributed by atoms with van der Waals surface area (Å²) in [5, 5.41) is 24.6. The summed E-state index contributed by atoms with van der Waals surface area (Å²) in [6.45, 7) is 0. The summed E-state index contributed by atoms with van der Waals surface area (Å²) >= 11 is 0. The molecular weight excluding hydrogens is 350 g/mol. The minimum Gasteiger partial charge on any atom is -0.339 e. The maximum Gasteiger partial charge on any atom is 0.238 e. The lowest BCUT2D eigenvalue weighted by molar-refractivity contribution is -0.124. The minimum atomic E-state index is -0.546. The van der Waals surface area contributed by atoms with E-state index < -0.39 is 6.04 Å². The molecule has 4 atom stereocenters. The van der Waals surface area contributed by atoms with Crippen molar-refractivity contribution in [3.63, 3.8) is 0 Å². The predicted molar refractivity (Wildman–Crippen MR) is 104 cm³/mol. The van der Waals surface area contributed by atoms with Crippen molar-refractivity contribution in [3.8, 4) is 23.3 Å². The van der Waals surface area contributed by atoms with Gasteiger partial charge in [0.15, 0.2) is 0 Å². The van der Waals surface area contributed by atoms with Crippen LogP contribution in [0, 0.1) is 28.6 Å². The molecule has 1 aromatic heterocycles. The van der Waals surface area contributed by atoms with Gasteiger partial charge >= 0.3 is 0 Å².